The highest BCUT2D eigenvalue weighted by molar-refractivity contribution is 5.86. The van der Waals surface area contributed by atoms with Gasteiger partial charge in [0.2, 0.25) is 0 Å². The molecule has 2 heterocycles. The number of nitrogens with zero attached hydrogens (tertiary/aromatic N) is 2. The summed E-state index contributed by atoms with van der Waals surface area (Å²) in [6.07, 6.45) is 4.32. The minimum Gasteiger partial charge on any atom is -0.339 e. The van der Waals surface area contributed by atoms with Crippen LogP contribution in [0.1, 0.15) is 34.9 Å². The van der Waals surface area contributed by atoms with E-state index in [0.29, 0.717) is 0 Å². The third-order valence-corrected chi connectivity index (χ3v) is 5.05. The molecule has 0 unspecified atom stereocenters. The molecular weight excluding hydrogens is 342 g/mol. The predicted octanol–water partition coefficient (Wildman–Crippen LogP) is 6.56. The fraction of sp³-hybridized carbons (Fsp3) is 0.160. The van der Waals surface area contributed by atoms with Crippen molar-refractivity contribution < 1.29 is 0 Å². The van der Waals surface area contributed by atoms with Crippen LogP contribution in [0.3, 0.4) is 0 Å². The largest absolute Gasteiger partial charge is 0.339 e. The van der Waals surface area contributed by atoms with Gasteiger partial charge in [-0.2, -0.15) is 0 Å². The molecule has 0 bridgehead atoms. The Labute approximate surface area is 166 Å². The molecule has 0 saturated carbocycles. The highest BCUT2D eigenvalue weighted by atomic mass is 15.1. The molecule has 0 fully saturated rings. The van der Waals surface area contributed by atoms with Crippen molar-refractivity contribution in [2.75, 3.05) is 5.32 Å². The van der Waals surface area contributed by atoms with Gasteiger partial charge in [0, 0.05) is 11.9 Å². The van der Waals surface area contributed by atoms with E-state index in [2.05, 4.69) is 104 Å². The molecule has 0 saturated heterocycles. The number of fused-ring (bicyclic) bond motifs is 1. The fourth-order valence-corrected chi connectivity index (χ4v) is 3.54. The molecule has 2 aromatic heterocycles. The zero-order chi connectivity index (χ0) is 19.7. The molecular formula is C25H25N3. The summed E-state index contributed by atoms with van der Waals surface area (Å²) in [6.45, 7) is 8.50. The van der Waals surface area contributed by atoms with Crippen LogP contribution in [0.15, 0.2) is 66.9 Å². The average molecular weight is 367 g/mol. The van der Waals surface area contributed by atoms with Gasteiger partial charge < -0.3 is 5.32 Å². The molecule has 2 aromatic carbocycles. The molecule has 28 heavy (non-hydrogen) atoms. The van der Waals surface area contributed by atoms with E-state index in [0.717, 1.165) is 28.4 Å². The van der Waals surface area contributed by atoms with E-state index >= 15 is 0 Å². The van der Waals surface area contributed by atoms with E-state index in [9.17, 15) is 0 Å². The quantitative estimate of drug-likeness (QED) is 0.442. The topological polar surface area (TPSA) is 29.3 Å². The van der Waals surface area contributed by atoms with Crippen molar-refractivity contribution in [3.8, 4) is 0 Å². The second kappa shape index (κ2) is 7.35. The van der Waals surface area contributed by atoms with Gasteiger partial charge >= 0.3 is 0 Å². The Bertz CT molecular complexity index is 1150. The zero-order valence-electron chi connectivity index (χ0n) is 16.8. The van der Waals surface area contributed by atoms with Crippen molar-refractivity contribution >= 4 is 28.8 Å². The number of para-hydroxylation sites is 1. The van der Waals surface area contributed by atoms with E-state index in [1.165, 1.54) is 22.3 Å². The molecule has 4 aromatic rings. The lowest BCUT2D eigenvalue weighted by molar-refractivity contribution is 1.15. The molecule has 3 heteroatoms. The van der Waals surface area contributed by atoms with Crippen LogP contribution >= 0.6 is 0 Å². The highest BCUT2D eigenvalue weighted by Gasteiger charge is 2.16. The number of hydrogen-bond acceptors (Lipinski definition) is 2. The lowest BCUT2D eigenvalue weighted by atomic mass is 10.1. The molecule has 0 spiro atoms. The monoisotopic (exact) mass is 367 g/mol. The number of aromatic nitrogens is 2. The number of rotatable bonds is 4. The minimum absolute atomic E-state index is 0.940. The molecule has 0 atom stereocenters. The summed E-state index contributed by atoms with van der Waals surface area (Å²) in [4.78, 5) is 4.94. The van der Waals surface area contributed by atoms with Gasteiger partial charge in [-0.15, -0.1) is 0 Å². The Hall–Kier alpha value is -3.33. The number of hydrogen-bond donors (Lipinski definition) is 1. The second-order valence-electron chi connectivity index (χ2n) is 7.37. The van der Waals surface area contributed by atoms with Crippen molar-refractivity contribution in [1.82, 2.24) is 9.38 Å². The third kappa shape index (κ3) is 3.44. The summed E-state index contributed by atoms with van der Waals surface area (Å²) in [7, 11) is 0. The summed E-state index contributed by atoms with van der Waals surface area (Å²) in [5, 5.41) is 3.69. The van der Waals surface area contributed by atoms with Gasteiger partial charge in [0.1, 0.15) is 17.2 Å². The number of anilines is 2. The minimum atomic E-state index is 0.940. The second-order valence-corrected chi connectivity index (χ2v) is 7.37. The molecule has 0 aliphatic heterocycles. The lowest BCUT2D eigenvalue weighted by Gasteiger charge is -2.14. The molecule has 0 aliphatic carbocycles. The summed E-state index contributed by atoms with van der Waals surface area (Å²) >= 11 is 0. The van der Waals surface area contributed by atoms with Crippen LogP contribution in [-0.4, -0.2) is 9.38 Å². The molecule has 140 valence electrons. The average Bonchev–Trinajstić information content (AvgIpc) is 3.03. The van der Waals surface area contributed by atoms with Crippen LogP contribution in [-0.2, 0) is 0 Å². The normalized spacial score (nSPS) is 11.8. The van der Waals surface area contributed by atoms with Crippen LogP contribution in [0, 0.1) is 20.8 Å². The number of pyridine rings is 1. The standard InChI is InChI=1S/C25H25N3/c1-17-13-14-22-26-24(20(4)15-21-11-6-5-7-12-21)25(28(22)16-17)27-23-18(2)9-8-10-19(23)3/h5-16,27H,1-4H3/b20-15+. The number of imidazole rings is 1. The number of benzene rings is 2. The van der Waals surface area contributed by atoms with Gasteiger partial charge in [0.25, 0.3) is 0 Å². The Morgan fingerprint density at radius 2 is 1.61 bits per heavy atom. The summed E-state index contributed by atoms with van der Waals surface area (Å²) in [5.74, 6) is 1.00. The fourth-order valence-electron chi connectivity index (χ4n) is 3.54. The first-order valence-electron chi connectivity index (χ1n) is 9.58. The molecule has 0 amide bonds. The Morgan fingerprint density at radius 3 is 2.32 bits per heavy atom. The Morgan fingerprint density at radius 1 is 0.893 bits per heavy atom. The van der Waals surface area contributed by atoms with Crippen molar-refractivity contribution in [2.24, 2.45) is 0 Å². The maximum absolute atomic E-state index is 4.94. The summed E-state index contributed by atoms with van der Waals surface area (Å²) in [6, 6.07) is 20.9. The van der Waals surface area contributed by atoms with E-state index in [4.69, 9.17) is 4.98 Å². The SMILES string of the molecule is C/C(=C\c1ccccc1)c1nc2ccc(C)cn2c1Nc1c(C)cccc1C. The van der Waals surface area contributed by atoms with Gasteiger partial charge in [-0.1, -0.05) is 54.6 Å². The van der Waals surface area contributed by atoms with Crippen molar-refractivity contribution in [3.05, 3.63) is 94.8 Å². The van der Waals surface area contributed by atoms with Gasteiger partial charge in [-0.05, 0) is 67.7 Å². The maximum Gasteiger partial charge on any atom is 0.142 e. The molecule has 0 radical (unpaired) electrons. The van der Waals surface area contributed by atoms with Crippen molar-refractivity contribution in [1.29, 1.82) is 0 Å². The van der Waals surface area contributed by atoms with Gasteiger partial charge in [0.05, 0.1) is 0 Å². The lowest BCUT2D eigenvalue weighted by Crippen LogP contribution is -2.01. The van der Waals surface area contributed by atoms with Crippen LogP contribution in [0.25, 0.3) is 17.3 Å². The zero-order valence-corrected chi connectivity index (χ0v) is 16.8. The first-order valence-corrected chi connectivity index (χ1v) is 9.58. The molecule has 3 nitrogen and oxygen atoms in total. The Kier molecular flexibility index (Phi) is 4.74. The number of aryl methyl sites for hydroxylation is 3. The molecule has 4 rings (SSSR count). The molecule has 1 N–H and O–H groups in total. The number of nitrogens with one attached hydrogen (secondary N) is 1. The van der Waals surface area contributed by atoms with Gasteiger partial charge in [0.15, 0.2) is 0 Å². The molecule has 0 aliphatic rings. The van der Waals surface area contributed by atoms with Gasteiger partial charge in [-0.25, -0.2) is 4.98 Å². The van der Waals surface area contributed by atoms with Crippen LogP contribution in [0.2, 0.25) is 0 Å². The van der Waals surface area contributed by atoms with E-state index in [1.807, 2.05) is 6.07 Å². The summed E-state index contributed by atoms with van der Waals surface area (Å²) in [5.41, 5.74) is 8.99. The van der Waals surface area contributed by atoms with Crippen LogP contribution in [0.5, 0.6) is 0 Å². The van der Waals surface area contributed by atoms with E-state index < -0.39 is 0 Å². The highest BCUT2D eigenvalue weighted by Crippen LogP contribution is 2.32. The third-order valence-electron chi connectivity index (χ3n) is 5.05. The first-order chi connectivity index (χ1) is 13.5. The van der Waals surface area contributed by atoms with Crippen molar-refractivity contribution in [2.45, 2.75) is 27.7 Å². The van der Waals surface area contributed by atoms with Crippen molar-refractivity contribution in [3.63, 3.8) is 0 Å². The maximum atomic E-state index is 4.94. The smallest absolute Gasteiger partial charge is 0.142 e. The number of allylic oxidation sites excluding steroid dienone is 1. The predicted molar refractivity (Wildman–Crippen MR) is 119 cm³/mol. The summed E-state index contributed by atoms with van der Waals surface area (Å²) < 4.78 is 2.15. The van der Waals surface area contributed by atoms with Gasteiger partial charge in [-0.3, -0.25) is 4.40 Å². The first kappa shape index (κ1) is 18.1. The van der Waals surface area contributed by atoms with Crippen LogP contribution in [0.4, 0.5) is 11.5 Å². The van der Waals surface area contributed by atoms with Crippen LogP contribution < -0.4 is 5.32 Å². The van der Waals surface area contributed by atoms with E-state index in [1.54, 1.807) is 0 Å². The Balaban J connectivity index is 1.89. The van der Waals surface area contributed by atoms with E-state index in [-0.39, 0.29) is 0 Å².